The number of hydrogen-bond acceptors (Lipinski definition) is 7. The van der Waals surface area contributed by atoms with E-state index in [0.29, 0.717) is 45.2 Å². The highest BCUT2D eigenvalue weighted by molar-refractivity contribution is 6.19. The van der Waals surface area contributed by atoms with E-state index in [1.807, 2.05) is 19.1 Å². The number of aromatic nitrogens is 2. The van der Waals surface area contributed by atoms with Crippen LogP contribution in [0.3, 0.4) is 0 Å². The van der Waals surface area contributed by atoms with E-state index in [1.165, 1.54) is 14.2 Å². The third-order valence-corrected chi connectivity index (χ3v) is 5.66. The highest BCUT2D eigenvalue weighted by atomic mass is 16.5. The summed E-state index contributed by atoms with van der Waals surface area (Å²) in [5, 5.41) is 20.7. The third-order valence-electron chi connectivity index (χ3n) is 5.66. The van der Waals surface area contributed by atoms with Gasteiger partial charge in [0.25, 0.3) is 11.8 Å². The van der Waals surface area contributed by atoms with Gasteiger partial charge in [0.05, 0.1) is 29.2 Å². The zero-order valence-corrected chi connectivity index (χ0v) is 18.8. The van der Waals surface area contributed by atoms with Crippen LogP contribution in [0.2, 0.25) is 0 Å². The summed E-state index contributed by atoms with van der Waals surface area (Å²) < 4.78 is 5.38. The number of methoxy groups -OCH3 is 1. The van der Waals surface area contributed by atoms with Crippen molar-refractivity contribution in [1.82, 2.24) is 25.9 Å². The van der Waals surface area contributed by atoms with Gasteiger partial charge >= 0.3 is 0 Å². The summed E-state index contributed by atoms with van der Waals surface area (Å²) in [6.45, 7) is 2.29. The van der Waals surface area contributed by atoms with Crippen LogP contribution in [0.5, 0.6) is 11.5 Å². The number of ether oxygens (including phenoxy) is 1. The number of benzene rings is 3. The first-order valence-electron chi connectivity index (χ1n) is 10.5. The van der Waals surface area contributed by atoms with Crippen molar-refractivity contribution in [3.8, 4) is 11.5 Å². The van der Waals surface area contributed by atoms with Gasteiger partial charge in [-0.3, -0.25) is 9.59 Å². The Morgan fingerprint density at radius 2 is 1.70 bits per heavy atom. The van der Waals surface area contributed by atoms with E-state index < -0.39 is 5.91 Å². The lowest BCUT2D eigenvalue weighted by molar-refractivity contribution is 0.0945. The van der Waals surface area contributed by atoms with E-state index in [4.69, 9.17) is 9.72 Å². The predicted molar refractivity (Wildman–Crippen MR) is 127 cm³/mol. The number of fused-ring (bicyclic) bond motifs is 4. The fourth-order valence-corrected chi connectivity index (χ4v) is 3.72. The van der Waals surface area contributed by atoms with Crippen molar-refractivity contribution < 1.29 is 19.4 Å². The molecule has 4 rings (SSSR count). The standard InChI is InChI=1S/C24H25N5O4/c1-12(25-2)11-27-24(32)19-21-20(13-7-5-6-8-14(13)22(19)30)28-17-10-18(33-4)15(23(31)26-3)9-16(17)29-21/h5-10,12,25,30H,11H2,1-4H3,(H,26,31)(H,27,32). The van der Waals surface area contributed by atoms with Crippen molar-refractivity contribution in [2.24, 2.45) is 0 Å². The van der Waals surface area contributed by atoms with Crippen molar-refractivity contribution in [2.45, 2.75) is 13.0 Å². The number of phenols is 1. The minimum absolute atomic E-state index is 0.0392. The average molecular weight is 447 g/mol. The molecule has 1 unspecified atom stereocenters. The van der Waals surface area contributed by atoms with Crippen molar-refractivity contribution in [3.05, 3.63) is 47.5 Å². The number of likely N-dealkylation sites (N-methyl/N-ethyl adjacent to an activating group) is 1. The van der Waals surface area contributed by atoms with E-state index in [0.717, 1.165) is 0 Å². The highest BCUT2D eigenvalue weighted by Crippen LogP contribution is 2.37. The second-order valence-corrected chi connectivity index (χ2v) is 7.71. The minimum Gasteiger partial charge on any atom is -0.506 e. The lowest BCUT2D eigenvalue weighted by atomic mass is 10.0. The van der Waals surface area contributed by atoms with Crippen LogP contribution in [0.15, 0.2) is 36.4 Å². The van der Waals surface area contributed by atoms with Crippen LogP contribution in [0.25, 0.3) is 32.8 Å². The van der Waals surface area contributed by atoms with Crippen LogP contribution in [-0.4, -0.2) is 60.7 Å². The molecular weight excluding hydrogens is 422 g/mol. The van der Waals surface area contributed by atoms with Gasteiger partial charge in [-0.05, 0) is 20.0 Å². The summed E-state index contributed by atoms with van der Waals surface area (Å²) in [7, 11) is 4.80. The van der Waals surface area contributed by atoms with Crippen LogP contribution in [-0.2, 0) is 0 Å². The molecule has 3 aromatic carbocycles. The summed E-state index contributed by atoms with van der Waals surface area (Å²) in [5.41, 5.74) is 1.95. The number of aromatic hydroxyl groups is 1. The Morgan fingerprint density at radius 1 is 1.03 bits per heavy atom. The Hall–Kier alpha value is -3.98. The lowest BCUT2D eigenvalue weighted by Crippen LogP contribution is -2.37. The van der Waals surface area contributed by atoms with Crippen LogP contribution >= 0.6 is 0 Å². The SMILES string of the molecule is CNC(=O)c1cc2nc3c(C(=O)NCC(C)NC)c(O)c4ccccc4c3nc2cc1OC. The first kappa shape index (κ1) is 22.2. The maximum atomic E-state index is 13.2. The average Bonchev–Trinajstić information content (AvgIpc) is 2.85. The molecule has 0 aliphatic rings. The Morgan fingerprint density at radius 3 is 2.36 bits per heavy atom. The van der Waals surface area contributed by atoms with Gasteiger partial charge in [-0.15, -0.1) is 0 Å². The Bertz CT molecular complexity index is 1400. The molecule has 0 fully saturated rings. The van der Waals surface area contributed by atoms with Gasteiger partial charge in [0.1, 0.15) is 22.6 Å². The summed E-state index contributed by atoms with van der Waals surface area (Å²) in [6, 6.07) is 10.4. The molecule has 1 atom stereocenters. The fraction of sp³-hybridized carbons (Fsp3) is 0.250. The number of nitrogens with zero attached hydrogens (tertiary/aromatic N) is 2. The zero-order valence-electron chi connectivity index (χ0n) is 18.8. The fourth-order valence-electron chi connectivity index (χ4n) is 3.72. The molecule has 2 amide bonds. The van der Waals surface area contributed by atoms with Crippen molar-refractivity contribution in [1.29, 1.82) is 0 Å². The van der Waals surface area contributed by atoms with E-state index in [-0.39, 0.29) is 28.8 Å². The van der Waals surface area contributed by atoms with Gasteiger partial charge < -0.3 is 25.8 Å². The molecule has 1 aromatic heterocycles. The van der Waals surface area contributed by atoms with Gasteiger partial charge in [0, 0.05) is 36.5 Å². The van der Waals surface area contributed by atoms with Gasteiger partial charge in [0.2, 0.25) is 0 Å². The first-order chi connectivity index (χ1) is 15.9. The third kappa shape index (κ3) is 3.87. The molecule has 4 aromatic rings. The maximum Gasteiger partial charge on any atom is 0.257 e. The summed E-state index contributed by atoms with van der Waals surface area (Å²) in [4.78, 5) is 34.9. The predicted octanol–water partition coefficient (Wildman–Crippen LogP) is 2.35. The quantitative estimate of drug-likeness (QED) is 0.264. The molecule has 1 heterocycles. The second kappa shape index (κ2) is 8.87. The number of phenolic OH excluding ortho intramolecular Hbond substituents is 1. The molecule has 0 saturated heterocycles. The molecule has 4 N–H and O–H groups in total. The van der Waals surface area contributed by atoms with Crippen LogP contribution in [0.1, 0.15) is 27.6 Å². The Kier molecular flexibility index (Phi) is 5.97. The smallest absolute Gasteiger partial charge is 0.257 e. The summed E-state index contributed by atoms with van der Waals surface area (Å²) >= 11 is 0. The first-order valence-corrected chi connectivity index (χ1v) is 10.5. The highest BCUT2D eigenvalue weighted by Gasteiger charge is 2.23. The van der Waals surface area contributed by atoms with E-state index in [9.17, 15) is 14.7 Å². The topological polar surface area (TPSA) is 125 Å². The normalized spacial score (nSPS) is 12.1. The molecular formula is C24H25N5O4. The molecule has 0 bridgehead atoms. The number of carbonyl (C=O) groups excluding carboxylic acids is 2. The molecule has 0 radical (unpaired) electrons. The largest absolute Gasteiger partial charge is 0.506 e. The molecule has 33 heavy (non-hydrogen) atoms. The molecule has 0 aliphatic heterocycles. The molecule has 0 saturated carbocycles. The van der Waals surface area contributed by atoms with E-state index in [1.54, 1.807) is 31.3 Å². The number of rotatable bonds is 6. The van der Waals surface area contributed by atoms with Gasteiger partial charge in [-0.1, -0.05) is 24.3 Å². The van der Waals surface area contributed by atoms with Gasteiger partial charge in [-0.25, -0.2) is 9.97 Å². The zero-order chi connectivity index (χ0) is 23.7. The molecule has 9 heteroatoms. The lowest BCUT2D eigenvalue weighted by Gasteiger charge is -2.16. The second-order valence-electron chi connectivity index (χ2n) is 7.71. The van der Waals surface area contributed by atoms with Crippen LogP contribution in [0.4, 0.5) is 0 Å². The number of amides is 2. The maximum absolute atomic E-state index is 13.2. The van der Waals surface area contributed by atoms with Gasteiger partial charge in [0.15, 0.2) is 0 Å². The van der Waals surface area contributed by atoms with Gasteiger partial charge in [-0.2, -0.15) is 0 Å². The molecule has 0 aliphatic carbocycles. The monoisotopic (exact) mass is 447 g/mol. The van der Waals surface area contributed by atoms with Crippen molar-refractivity contribution in [2.75, 3.05) is 27.7 Å². The number of hydrogen-bond donors (Lipinski definition) is 4. The molecule has 0 spiro atoms. The Balaban J connectivity index is 2.04. The van der Waals surface area contributed by atoms with Crippen LogP contribution in [0, 0.1) is 0 Å². The number of nitrogens with one attached hydrogen (secondary N) is 3. The summed E-state index contributed by atoms with van der Waals surface area (Å²) in [6.07, 6.45) is 0. The molecule has 170 valence electrons. The van der Waals surface area contributed by atoms with Crippen LogP contribution < -0.4 is 20.7 Å². The van der Waals surface area contributed by atoms with E-state index >= 15 is 0 Å². The Labute approximate surface area is 190 Å². The van der Waals surface area contributed by atoms with Crippen molar-refractivity contribution >= 4 is 44.7 Å². The molecule has 9 nitrogen and oxygen atoms in total. The van der Waals surface area contributed by atoms with E-state index in [2.05, 4.69) is 20.9 Å². The number of carbonyl (C=O) groups is 2. The minimum atomic E-state index is -0.459. The summed E-state index contributed by atoms with van der Waals surface area (Å²) in [5.74, 6) is -0.603. The van der Waals surface area contributed by atoms with Crippen molar-refractivity contribution in [3.63, 3.8) is 0 Å².